The van der Waals surface area contributed by atoms with Gasteiger partial charge in [-0.3, -0.25) is 19.2 Å². The highest BCUT2D eigenvalue weighted by Gasteiger charge is 2.12. The summed E-state index contributed by atoms with van der Waals surface area (Å²) in [6.07, 6.45) is 14.2. The van der Waals surface area contributed by atoms with Gasteiger partial charge in [0, 0.05) is 39.1 Å². The summed E-state index contributed by atoms with van der Waals surface area (Å²) in [5.74, 6) is -1.85. The Hall–Kier alpha value is -3.37. The van der Waals surface area contributed by atoms with Crippen LogP contribution < -0.4 is 21.7 Å². The quantitative estimate of drug-likeness (QED) is 0.0634. The molecule has 0 bridgehead atoms. The third-order valence-corrected chi connectivity index (χ3v) is 6.96. The molecular formula is C33H56N4O11. The Morgan fingerprint density at radius 2 is 1.19 bits per heavy atom. The molecule has 0 saturated carbocycles. The summed E-state index contributed by atoms with van der Waals surface area (Å²) in [7, 11) is 0. The lowest BCUT2D eigenvalue weighted by Crippen LogP contribution is -2.32. The first-order chi connectivity index (χ1) is 23.3. The van der Waals surface area contributed by atoms with Gasteiger partial charge in [0.1, 0.15) is 13.2 Å². The fourth-order valence-electron chi connectivity index (χ4n) is 4.36. The number of carbonyl (C=O) groups excluding carboxylic acids is 4. The maximum atomic E-state index is 12.0. The van der Waals surface area contributed by atoms with E-state index in [4.69, 9.17) is 34.5 Å². The average Bonchev–Trinajstić information content (AvgIpc) is 3.06. The minimum atomic E-state index is -0.906. The van der Waals surface area contributed by atoms with Crippen molar-refractivity contribution in [3.05, 3.63) is 23.8 Å². The number of hydrogen-bond acceptors (Lipinski definition) is 10. The van der Waals surface area contributed by atoms with Crippen molar-refractivity contribution in [1.82, 2.24) is 16.0 Å². The lowest BCUT2D eigenvalue weighted by molar-refractivity contribution is -0.132. The Morgan fingerprint density at radius 1 is 0.646 bits per heavy atom. The van der Waals surface area contributed by atoms with Crippen LogP contribution in [0.15, 0.2) is 23.8 Å². The van der Waals surface area contributed by atoms with Gasteiger partial charge in [-0.15, -0.1) is 0 Å². The van der Waals surface area contributed by atoms with Crippen molar-refractivity contribution in [2.45, 2.75) is 76.7 Å². The Kier molecular flexibility index (Phi) is 26.4. The number of carboxylic acids is 1. The first-order valence-electron chi connectivity index (χ1n) is 16.9. The molecule has 6 N–H and O–H groups in total. The Bertz CT molecular complexity index is 991. The van der Waals surface area contributed by atoms with Crippen LogP contribution in [0.4, 0.5) is 0 Å². The van der Waals surface area contributed by atoms with Gasteiger partial charge < -0.3 is 50.5 Å². The molecule has 0 saturated heterocycles. The molecule has 0 aliphatic heterocycles. The first-order valence-corrected chi connectivity index (χ1v) is 16.9. The summed E-state index contributed by atoms with van der Waals surface area (Å²) < 4.78 is 27.0. The van der Waals surface area contributed by atoms with E-state index < -0.39 is 11.9 Å². The Morgan fingerprint density at radius 3 is 1.75 bits per heavy atom. The van der Waals surface area contributed by atoms with E-state index in [2.05, 4.69) is 16.0 Å². The molecule has 1 aliphatic carbocycles. The van der Waals surface area contributed by atoms with Crippen molar-refractivity contribution in [2.24, 2.45) is 5.73 Å². The number of ether oxygens (including phenoxy) is 5. The van der Waals surface area contributed by atoms with Crippen molar-refractivity contribution < 1.29 is 52.8 Å². The third kappa shape index (κ3) is 26.7. The predicted octanol–water partition coefficient (Wildman–Crippen LogP) is 1.14. The Balaban J connectivity index is 1.77. The van der Waals surface area contributed by atoms with E-state index in [1.807, 2.05) is 6.08 Å². The van der Waals surface area contributed by atoms with Gasteiger partial charge >= 0.3 is 5.97 Å². The van der Waals surface area contributed by atoms with Gasteiger partial charge in [0.05, 0.1) is 51.3 Å². The molecule has 1 unspecified atom stereocenters. The number of carbonyl (C=O) groups is 5. The van der Waals surface area contributed by atoms with Crippen LogP contribution in [0.5, 0.6) is 0 Å². The second-order valence-corrected chi connectivity index (χ2v) is 11.1. The van der Waals surface area contributed by atoms with Gasteiger partial charge in [-0.05, 0) is 31.8 Å². The average molecular weight is 685 g/mol. The molecule has 0 radical (unpaired) electrons. The number of primary amides is 1. The zero-order valence-electron chi connectivity index (χ0n) is 28.2. The summed E-state index contributed by atoms with van der Waals surface area (Å²) in [5, 5.41) is 17.1. The van der Waals surface area contributed by atoms with Crippen LogP contribution in [0.3, 0.4) is 0 Å². The van der Waals surface area contributed by atoms with Gasteiger partial charge in [0.25, 0.3) is 0 Å². The first kappa shape index (κ1) is 42.7. The van der Waals surface area contributed by atoms with Crippen LogP contribution in [0, 0.1) is 0 Å². The largest absolute Gasteiger partial charge is 0.478 e. The fraction of sp³-hybridized carbons (Fsp3) is 0.727. The second kappa shape index (κ2) is 29.7. The van der Waals surface area contributed by atoms with Gasteiger partial charge in [0.15, 0.2) is 0 Å². The van der Waals surface area contributed by atoms with Crippen molar-refractivity contribution in [3.8, 4) is 0 Å². The van der Waals surface area contributed by atoms with Gasteiger partial charge in [-0.1, -0.05) is 44.3 Å². The number of amides is 4. The zero-order valence-corrected chi connectivity index (χ0v) is 28.2. The number of rotatable bonds is 32. The summed E-state index contributed by atoms with van der Waals surface area (Å²) >= 11 is 0. The van der Waals surface area contributed by atoms with Crippen molar-refractivity contribution in [1.29, 1.82) is 0 Å². The molecular weight excluding hydrogens is 628 g/mol. The Labute approximate surface area is 283 Å². The predicted molar refractivity (Wildman–Crippen MR) is 177 cm³/mol. The topological polar surface area (TPSA) is 214 Å². The highest BCUT2D eigenvalue weighted by molar-refractivity contribution is 5.90. The van der Waals surface area contributed by atoms with E-state index in [0.717, 1.165) is 44.9 Å². The molecule has 1 atom stereocenters. The third-order valence-electron chi connectivity index (χ3n) is 6.96. The highest BCUT2D eigenvalue weighted by atomic mass is 16.5. The van der Waals surface area contributed by atoms with E-state index in [-0.39, 0.29) is 63.3 Å². The molecule has 15 heteroatoms. The number of aliphatic carboxylic acids is 1. The molecule has 0 fully saturated rings. The number of nitrogens with one attached hydrogen (secondary N) is 3. The maximum Gasteiger partial charge on any atom is 0.335 e. The molecule has 0 aromatic heterocycles. The fourth-order valence-corrected chi connectivity index (χ4v) is 4.36. The monoisotopic (exact) mass is 684 g/mol. The van der Waals surface area contributed by atoms with E-state index in [0.29, 0.717) is 70.9 Å². The smallest absolute Gasteiger partial charge is 0.335 e. The van der Waals surface area contributed by atoms with E-state index in [1.54, 1.807) is 12.2 Å². The van der Waals surface area contributed by atoms with Crippen molar-refractivity contribution in [2.75, 3.05) is 79.1 Å². The summed E-state index contributed by atoms with van der Waals surface area (Å²) in [6.45, 7) is 3.30. The molecule has 15 nitrogen and oxygen atoms in total. The highest BCUT2D eigenvalue weighted by Crippen LogP contribution is 2.15. The van der Waals surface area contributed by atoms with Crippen LogP contribution in [-0.2, 0) is 47.7 Å². The molecule has 0 aromatic rings. The minimum Gasteiger partial charge on any atom is -0.478 e. The molecule has 274 valence electrons. The van der Waals surface area contributed by atoms with Crippen LogP contribution in [0.25, 0.3) is 0 Å². The summed E-state index contributed by atoms with van der Waals surface area (Å²) in [6, 6.07) is 0. The number of nitrogens with two attached hydrogens (primary N) is 1. The van der Waals surface area contributed by atoms with Gasteiger partial charge in [0.2, 0.25) is 23.6 Å². The molecule has 4 amide bonds. The van der Waals surface area contributed by atoms with Crippen LogP contribution >= 0.6 is 0 Å². The standard InChI is InChI=1S/C33H56N4O11/c34-29(38)9-8-15-35-31(40)25-46-23-22-45-20-17-37-32(41)26-47-24-21-44-19-16-36-30(39)10-6-4-2-1-3-5-7-18-48-28-13-11-27(12-14-28)33(42)43/h11-13,28H,1-10,14-26H2,(H2,34,38)(H,35,40)(H,36,39)(H,37,41)(H,42,43). The van der Waals surface area contributed by atoms with E-state index >= 15 is 0 Å². The zero-order chi connectivity index (χ0) is 35.1. The summed E-state index contributed by atoms with van der Waals surface area (Å²) in [4.78, 5) is 56.8. The molecule has 1 rings (SSSR count). The lowest BCUT2D eigenvalue weighted by Gasteiger charge is -2.15. The van der Waals surface area contributed by atoms with E-state index in [1.165, 1.54) is 0 Å². The SMILES string of the molecule is NC(=O)CCCNC(=O)COCCOCCNC(=O)COCCOCCNC(=O)CCCCCCCCCOC1C=CC(C(=O)O)=CC1. The molecule has 0 heterocycles. The van der Waals surface area contributed by atoms with Crippen LogP contribution in [-0.4, -0.2) is 120 Å². The molecule has 48 heavy (non-hydrogen) atoms. The second-order valence-electron chi connectivity index (χ2n) is 11.1. The van der Waals surface area contributed by atoms with Crippen LogP contribution in [0.2, 0.25) is 0 Å². The maximum absolute atomic E-state index is 12.0. The normalized spacial score (nSPS) is 13.9. The molecule has 0 aromatic carbocycles. The number of unbranched alkanes of at least 4 members (excludes halogenated alkanes) is 6. The molecule has 0 spiro atoms. The number of hydrogen-bond donors (Lipinski definition) is 5. The molecule has 1 aliphatic rings. The number of carboxylic acid groups (broad SMARTS) is 1. The lowest BCUT2D eigenvalue weighted by atomic mass is 10.1. The van der Waals surface area contributed by atoms with E-state index in [9.17, 15) is 24.0 Å². The van der Waals surface area contributed by atoms with Gasteiger partial charge in [-0.25, -0.2) is 4.79 Å². The van der Waals surface area contributed by atoms with Gasteiger partial charge in [-0.2, -0.15) is 0 Å². The van der Waals surface area contributed by atoms with Crippen molar-refractivity contribution in [3.63, 3.8) is 0 Å². The van der Waals surface area contributed by atoms with Crippen LogP contribution in [0.1, 0.15) is 70.6 Å². The summed E-state index contributed by atoms with van der Waals surface area (Å²) in [5.41, 5.74) is 5.34. The minimum absolute atomic E-state index is 0.0137. The van der Waals surface area contributed by atoms with Crippen molar-refractivity contribution >= 4 is 29.6 Å².